The van der Waals surface area contributed by atoms with E-state index in [1.807, 2.05) is 42.2 Å². The fourth-order valence-corrected chi connectivity index (χ4v) is 3.82. The third-order valence-corrected chi connectivity index (χ3v) is 5.69. The molecule has 1 fully saturated rings. The molecule has 1 atom stereocenters. The average molecular weight is 396 g/mol. The van der Waals surface area contributed by atoms with Crippen LogP contribution >= 0.6 is 0 Å². The molecule has 5 heteroatoms. The van der Waals surface area contributed by atoms with Crippen LogP contribution < -0.4 is 4.90 Å². The fourth-order valence-electron chi connectivity index (χ4n) is 3.82. The fraction of sp³-hybridized carbons (Fsp3) is 0.458. The van der Waals surface area contributed by atoms with Crippen LogP contribution in [0.2, 0.25) is 0 Å². The van der Waals surface area contributed by atoms with E-state index < -0.39 is 0 Å². The van der Waals surface area contributed by atoms with Gasteiger partial charge >= 0.3 is 0 Å². The molecule has 5 nitrogen and oxygen atoms in total. The molecule has 0 bridgehead atoms. The number of aromatic hydroxyl groups is 1. The number of piperazine rings is 1. The Hall–Kier alpha value is -2.53. The summed E-state index contributed by atoms with van der Waals surface area (Å²) in [7, 11) is 0. The Morgan fingerprint density at radius 1 is 1.00 bits per heavy atom. The minimum absolute atomic E-state index is 0.153. The van der Waals surface area contributed by atoms with Crippen LogP contribution in [0.5, 0.6) is 5.75 Å². The number of benzene rings is 2. The predicted molar refractivity (Wildman–Crippen MR) is 118 cm³/mol. The first-order chi connectivity index (χ1) is 13.8. The standard InChI is InChI=1S/C24H33N3O2/c1-19(23(29)27(24(2,3)4)18-20-8-6-5-7-9-20)25-14-16-26(17-15-25)21-10-12-22(28)13-11-21/h5-13,19,28H,14-18H2,1-4H3/t19-/m1/s1. The number of carbonyl (C=O) groups excluding carboxylic acids is 1. The molecule has 1 heterocycles. The lowest BCUT2D eigenvalue weighted by Crippen LogP contribution is -2.57. The Morgan fingerprint density at radius 3 is 2.14 bits per heavy atom. The molecule has 3 rings (SSSR count). The number of amides is 1. The summed E-state index contributed by atoms with van der Waals surface area (Å²) in [6.07, 6.45) is 0. The van der Waals surface area contributed by atoms with E-state index in [1.54, 1.807) is 12.1 Å². The van der Waals surface area contributed by atoms with Crippen molar-refractivity contribution in [2.45, 2.75) is 45.8 Å². The summed E-state index contributed by atoms with van der Waals surface area (Å²) in [5.41, 5.74) is 2.02. The summed E-state index contributed by atoms with van der Waals surface area (Å²) in [4.78, 5) is 20.0. The van der Waals surface area contributed by atoms with Gasteiger partial charge in [-0.3, -0.25) is 9.69 Å². The molecular formula is C24H33N3O2. The zero-order valence-corrected chi connectivity index (χ0v) is 18.0. The van der Waals surface area contributed by atoms with E-state index in [2.05, 4.69) is 42.7 Å². The molecule has 1 aliphatic heterocycles. The van der Waals surface area contributed by atoms with Gasteiger partial charge in [0.15, 0.2) is 0 Å². The number of phenols is 1. The van der Waals surface area contributed by atoms with E-state index in [0.29, 0.717) is 6.54 Å². The summed E-state index contributed by atoms with van der Waals surface area (Å²) in [5, 5.41) is 9.49. The van der Waals surface area contributed by atoms with Crippen LogP contribution in [0, 0.1) is 0 Å². The topological polar surface area (TPSA) is 47.0 Å². The predicted octanol–water partition coefficient (Wildman–Crippen LogP) is 3.73. The first kappa shape index (κ1) is 21.2. The molecule has 1 aliphatic rings. The highest BCUT2D eigenvalue weighted by Gasteiger charge is 2.33. The minimum Gasteiger partial charge on any atom is -0.508 e. The highest BCUT2D eigenvalue weighted by Crippen LogP contribution is 2.23. The summed E-state index contributed by atoms with van der Waals surface area (Å²) >= 11 is 0. The van der Waals surface area contributed by atoms with Crippen LogP contribution in [0.3, 0.4) is 0 Å². The summed E-state index contributed by atoms with van der Waals surface area (Å²) in [6, 6.07) is 17.4. The average Bonchev–Trinajstić information content (AvgIpc) is 2.72. The van der Waals surface area contributed by atoms with Gasteiger partial charge in [0.25, 0.3) is 0 Å². The van der Waals surface area contributed by atoms with Crippen LogP contribution in [0.1, 0.15) is 33.3 Å². The second-order valence-electron chi connectivity index (χ2n) is 8.80. The van der Waals surface area contributed by atoms with Crippen molar-refractivity contribution in [3.8, 4) is 5.75 Å². The second-order valence-corrected chi connectivity index (χ2v) is 8.80. The molecule has 2 aromatic carbocycles. The van der Waals surface area contributed by atoms with Crippen molar-refractivity contribution in [2.24, 2.45) is 0 Å². The van der Waals surface area contributed by atoms with Crippen LogP contribution in [0.4, 0.5) is 5.69 Å². The van der Waals surface area contributed by atoms with E-state index in [9.17, 15) is 9.90 Å². The Morgan fingerprint density at radius 2 is 1.59 bits per heavy atom. The van der Waals surface area contributed by atoms with Crippen molar-refractivity contribution < 1.29 is 9.90 Å². The molecule has 0 aromatic heterocycles. The van der Waals surface area contributed by atoms with Crippen molar-refractivity contribution in [2.75, 3.05) is 31.1 Å². The smallest absolute Gasteiger partial charge is 0.240 e. The maximum atomic E-state index is 13.4. The SMILES string of the molecule is C[C@H](C(=O)N(Cc1ccccc1)C(C)(C)C)N1CCN(c2ccc(O)cc2)CC1. The van der Waals surface area contributed by atoms with Crippen LogP contribution in [0.15, 0.2) is 54.6 Å². The number of rotatable bonds is 5. The van der Waals surface area contributed by atoms with Gasteiger partial charge in [-0.2, -0.15) is 0 Å². The minimum atomic E-state index is -0.241. The Labute approximate surface area is 174 Å². The lowest BCUT2D eigenvalue weighted by molar-refractivity contribution is -0.142. The first-order valence-electron chi connectivity index (χ1n) is 10.4. The van der Waals surface area contributed by atoms with Crippen LogP contribution in [-0.4, -0.2) is 58.6 Å². The van der Waals surface area contributed by atoms with Gasteiger partial charge in [0.2, 0.25) is 5.91 Å². The number of phenolic OH excluding ortho intramolecular Hbond substituents is 1. The highest BCUT2D eigenvalue weighted by molar-refractivity contribution is 5.82. The molecular weight excluding hydrogens is 362 g/mol. The van der Waals surface area contributed by atoms with Gasteiger partial charge in [-0.15, -0.1) is 0 Å². The van der Waals surface area contributed by atoms with Crippen molar-refractivity contribution >= 4 is 11.6 Å². The molecule has 1 N–H and O–H groups in total. The van der Waals surface area contributed by atoms with Gasteiger partial charge in [-0.05, 0) is 57.5 Å². The number of hydrogen-bond donors (Lipinski definition) is 1. The van der Waals surface area contributed by atoms with E-state index >= 15 is 0 Å². The molecule has 0 spiro atoms. The summed E-state index contributed by atoms with van der Waals surface area (Å²) in [5.74, 6) is 0.465. The second kappa shape index (κ2) is 8.87. The van der Waals surface area contributed by atoms with Gasteiger partial charge in [0.05, 0.1) is 6.04 Å². The monoisotopic (exact) mass is 395 g/mol. The highest BCUT2D eigenvalue weighted by atomic mass is 16.3. The van der Waals surface area contributed by atoms with Gasteiger partial charge in [-0.1, -0.05) is 30.3 Å². The number of hydrogen-bond acceptors (Lipinski definition) is 4. The van der Waals surface area contributed by atoms with Gasteiger partial charge < -0.3 is 14.9 Å². The van der Waals surface area contributed by atoms with Gasteiger partial charge in [0, 0.05) is 44.0 Å². The Kier molecular flexibility index (Phi) is 6.48. The van der Waals surface area contributed by atoms with E-state index in [-0.39, 0.29) is 23.2 Å². The number of nitrogens with zero attached hydrogens (tertiary/aromatic N) is 3. The normalized spacial score (nSPS) is 16.5. The molecule has 1 amide bonds. The molecule has 0 radical (unpaired) electrons. The molecule has 156 valence electrons. The van der Waals surface area contributed by atoms with Crippen LogP contribution in [-0.2, 0) is 11.3 Å². The van der Waals surface area contributed by atoms with E-state index in [4.69, 9.17) is 0 Å². The van der Waals surface area contributed by atoms with E-state index in [1.165, 1.54) is 0 Å². The lowest BCUT2D eigenvalue weighted by atomic mass is 10.0. The molecule has 2 aromatic rings. The number of carbonyl (C=O) groups is 1. The van der Waals surface area contributed by atoms with Crippen molar-refractivity contribution in [3.05, 3.63) is 60.2 Å². The summed E-state index contributed by atoms with van der Waals surface area (Å²) < 4.78 is 0. The Balaban J connectivity index is 1.64. The molecule has 0 aliphatic carbocycles. The molecule has 0 saturated carbocycles. The summed E-state index contributed by atoms with van der Waals surface area (Å²) in [6.45, 7) is 12.4. The van der Waals surface area contributed by atoms with Crippen molar-refractivity contribution in [1.29, 1.82) is 0 Å². The van der Waals surface area contributed by atoms with Crippen LogP contribution in [0.25, 0.3) is 0 Å². The largest absolute Gasteiger partial charge is 0.508 e. The quantitative estimate of drug-likeness (QED) is 0.838. The molecule has 29 heavy (non-hydrogen) atoms. The maximum absolute atomic E-state index is 13.4. The molecule has 0 unspecified atom stereocenters. The lowest BCUT2D eigenvalue weighted by Gasteiger charge is -2.43. The van der Waals surface area contributed by atoms with Crippen molar-refractivity contribution in [3.63, 3.8) is 0 Å². The third kappa shape index (κ3) is 5.30. The maximum Gasteiger partial charge on any atom is 0.240 e. The number of anilines is 1. The zero-order valence-electron chi connectivity index (χ0n) is 18.0. The Bertz CT molecular complexity index is 791. The van der Waals surface area contributed by atoms with E-state index in [0.717, 1.165) is 37.4 Å². The first-order valence-corrected chi connectivity index (χ1v) is 10.4. The van der Waals surface area contributed by atoms with Crippen molar-refractivity contribution in [1.82, 2.24) is 9.80 Å². The zero-order chi connectivity index (χ0) is 21.0. The third-order valence-electron chi connectivity index (χ3n) is 5.69. The molecule has 1 saturated heterocycles. The van der Waals surface area contributed by atoms with Gasteiger partial charge in [-0.25, -0.2) is 0 Å². The van der Waals surface area contributed by atoms with Gasteiger partial charge in [0.1, 0.15) is 5.75 Å².